The third-order valence-corrected chi connectivity index (χ3v) is 8.49. The third-order valence-electron chi connectivity index (χ3n) is 5.28. The van der Waals surface area contributed by atoms with E-state index in [4.69, 9.17) is 4.74 Å². The molecule has 32 heavy (non-hydrogen) atoms. The van der Waals surface area contributed by atoms with Crippen LogP contribution in [-0.4, -0.2) is 60.5 Å². The van der Waals surface area contributed by atoms with Gasteiger partial charge in [0.05, 0.1) is 17.5 Å². The Labute approximate surface area is 194 Å². The summed E-state index contributed by atoms with van der Waals surface area (Å²) in [6, 6.07) is 5.78. The second kappa shape index (κ2) is 9.43. The maximum absolute atomic E-state index is 12.6. The SMILES string of the molecule is CCc1cccc(CC)c1N1C(=NC(=O)CNC(=O)OC(C)(C)C)S[C@@H]2CS(=O)(=O)C[C@H]21. The highest BCUT2D eigenvalue weighted by Gasteiger charge is 2.50. The summed E-state index contributed by atoms with van der Waals surface area (Å²) < 4.78 is 29.8. The second-order valence-electron chi connectivity index (χ2n) is 8.95. The molecule has 0 aliphatic carbocycles. The number of nitrogens with zero attached hydrogens (tertiary/aromatic N) is 2. The van der Waals surface area contributed by atoms with Crippen molar-refractivity contribution in [1.82, 2.24) is 5.32 Å². The minimum atomic E-state index is -3.15. The van der Waals surface area contributed by atoms with E-state index in [9.17, 15) is 18.0 Å². The smallest absolute Gasteiger partial charge is 0.408 e. The second-order valence-corrected chi connectivity index (χ2v) is 12.3. The van der Waals surface area contributed by atoms with Gasteiger partial charge in [-0.25, -0.2) is 13.2 Å². The number of para-hydroxylation sites is 1. The number of anilines is 1. The van der Waals surface area contributed by atoms with E-state index in [1.54, 1.807) is 20.8 Å². The Morgan fingerprint density at radius 3 is 2.38 bits per heavy atom. The summed E-state index contributed by atoms with van der Waals surface area (Å²) in [6.45, 7) is 9.03. The number of hydrogen-bond acceptors (Lipinski definition) is 6. The molecule has 1 aromatic carbocycles. The molecule has 2 fully saturated rings. The molecule has 0 saturated carbocycles. The molecule has 1 aromatic rings. The van der Waals surface area contributed by atoms with Gasteiger partial charge >= 0.3 is 6.09 Å². The molecule has 2 amide bonds. The maximum Gasteiger partial charge on any atom is 0.408 e. The molecule has 0 aromatic heterocycles. The fraction of sp³-hybridized carbons (Fsp3) is 0.591. The number of rotatable bonds is 5. The summed E-state index contributed by atoms with van der Waals surface area (Å²) in [4.78, 5) is 30.7. The maximum atomic E-state index is 12.6. The molecule has 3 rings (SSSR count). The van der Waals surface area contributed by atoms with Gasteiger partial charge in [-0.2, -0.15) is 4.99 Å². The highest BCUT2D eigenvalue weighted by Crippen LogP contribution is 2.43. The summed E-state index contributed by atoms with van der Waals surface area (Å²) >= 11 is 1.33. The van der Waals surface area contributed by atoms with Crippen LogP contribution in [0.4, 0.5) is 10.5 Å². The number of ether oxygens (including phenoxy) is 1. The quantitative estimate of drug-likeness (QED) is 0.689. The van der Waals surface area contributed by atoms with Gasteiger partial charge in [0.15, 0.2) is 15.0 Å². The van der Waals surface area contributed by atoms with Crippen LogP contribution >= 0.6 is 11.8 Å². The molecular weight excluding hydrogens is 450 g/mol. The van der Waals surface area contributed by atoms with Gasteiger partial charge in [-0.3, -0.25) is 4.79 Å². The lowest BCUT2D eigenvalue weighted by Gasteiger charge is -2.29. The lowest BCUT2D eigenvalue weighted by atomic mass is 10.0. The monoisotopic (exact) mass is 481 g/mol. The zero-order chi connectivity index (χ0) is 23.7. The van der Waals surface area contributed by atoms with Gasteiger partial charge in [-0.15, -0.1) is 0 Å². The molecule has 176 valence electrons. The number of aliphatic imine (C=N–C) groups is 1. The summed E-state index contributed by atoms with van der Waals surface area (Å²) in [5.41, 5.74) is 2.45. The number of fused-ring (bicyclic) bond motifs is 1. The summed E-state index contributed by atoms with van der Waals surface area (Å²) in [5, 5.41) is 2.74. The topological polar surface area (TPSA) is 105 Å². The number of carbonyl (C=O) groups excluding carboxylic acids is 2. The number of sulfone groups is 1. The van der Waals surface area contributed by atoms with Crippen molar-refractivity contribution < 1.29 is 22.7 Å². The molecule has 0 unspecified atom stereocenters. The van der Waals surface area contributed by atoms with Crippen molar-refractivity contribution in [2.75, 3.05) is 23.0 Å². The van der Waals surface area contributed by atoms with E-state index >= 15 is 0 Å². The van der Waals surface area contributed by atoms with Crippen LogP contribution in [0.3, 0.4) is 0 Å². The number of thioether (sulfide) groups is 1. The number of benzene rings is 1. The Morgan fingerprint density at radius 1 is 1.19 bits per heavy atom. The minimum Gasteiger partial charge on any atom is -0.444 e. The number of amides is 2. The van der Waals surface area contributed by atoms with E-state index < -0.39 is 27.4 Å². The number of alkyl carbamates (subject to hydrolysis) is 1. The number of aryl methyl sites for hydroxylation is 2. The van der Waals surface area contributed by atoms with Crippen LogP contribution in [0.15, 0.2) is 23.2 Å². The number of amidine groups is 1. The zero-order valence-electron chi connectivity index (χ0n) is 19.2. The molecule has 8 nitrogen and oxygen atoms in total. The van der Waals surface area contributed by atoms with E-state index in [0.29, 0.717) is 5.17 Å². The molecule has 2 atom stereocenters. The molecule has 0 bridgehead atoms. The Kier molecular flexibility index (Phi) is 7.24. The van der Waals surface area contributed by atoms with Crippen LogP contribution in [0.1, 0.15) is 45.7 Å². The molecule has 2 heterocycles. The van der Waals surface area contributed by atoms with E-state index in [-0.39, 0.29) is 29.3 Å². The molecule has 0 radical (unpaired) electrons. The first-order chi connectivity index (χ1) is 14.9. The van der Waals surface area contributed by atoms with Crippen molar-refractivity contribution in [3.63, 3.8) is 0 Å². The largest absolute Gasteiger partial charge is 0.444 e. The highest BCUT2D eigenvalue weighted by atomic mass is 32.2. The Morgan fingerprint density at radius 2 is 1.81 bits per heavy atom. The average molecular weight is 482 g/mol. The normalized spacial score (nSPS) is 23.3. The molecule has 2 saturated heterocycles. The molecular formula is C22H31N3O5S2. The molecule has 2 aliphatic rings. The van der Waals surface area contributed by atoms with E-state index in [2.05, 4.69) is 24.2 Å². The van der Waals surface area contributed by atoms with Crippen molar-refractivity contribution in [1.29, 1.82) is 0 Å². The van der Waals surface area contributed by atoms with Crippen molar-refractivity contribution in [2.45, 2.75) is 64.4 Å². The van der Waals surface area contributed by atoms with Gasteiger partial charge in [0, 0.05) is 10.9 Å². The summed E-state index contributed by atoms with van der Waals surface area (Å²) in [6.07, 6.45) is 0.862. The van der Waals surface area contributed by atoms with Crippen molar-refractivity contribution in [3.05, 3.63) is 29.3 Å². The van der Waals surface area contributed by atoms with Gasteiger partial charge in [0.25, 0.3) is 5.91 Å². The van der Waals surface area contributed by atoms with Gasteiger partial charge < -0.3 is 15.0 Å². The van der Waals surface area contributed by atoms with Crippen molar-refractivity contribution in [2.24, 2.45) is 4.99 Å². The first-order valence-electron chi connectivity index (χ1n) is 10.8. The fourth-order valence-electron chi connectivity index (χ4n) is 3.96. The number of carbonyl (C=O) groups is 2. The van der Waals surface area contributed by atoms with Gasteiger partial charge in [0.2, 0.25) is 0 Å². The van der Waals surface area contributed by atoms with Crippen LogP contribution in [-0.2, 0) is 32.2 Å². The van der Waals surface area contributed by atoms with Gasteiger partial charge in [0.1, 0.15) is 12.1 Å². The van der Waals surface area contributed by atoms with E-state index in [0.717, 1.165) is 29.7 Å². The molecule has 10 heteroatoms. The Bertz CT molecular complexity index is 1010. The van der Waals surface area contributed by atoms with Crippen LogP contribution in [0.25, 0.3) is 0 Å². The standard InChI is InChI=1S/C22H31N3O5S2/c1-6-14-9-8-10-15(7-2)19(14)25-16-12-32(28,29)13-17(16)31-20(25)24-18(26)11-23-21(27)30-22(3,4)5/h8-10,16-17H,6-7,11-13H2,1-5H3,(H,23,27)/t16-,17-/m1/s1. The van der Waals surface area contributed by atoms with E-state index in [1.165, 1.54) is 11.8 Å². The first kappa shape index (κ1) is 24.6. The lowest BCUT2D eigenvalue weighted by molar-refractivity contribution is -0.117. The Balaban J connectivity index is 1.90. The fourth-order valence-corrected chi connectivity index (χ4v) is 7.88. The molecule has 1 N–H and O–H groups in total. The summed E-state index contributed by atoms with van der Waals surface area (Å²) in [5.74, 6) is -0.411. The van der Waals surface area contributed by atoms with Gasteiger partial charge in [-0.05, 0) is 44.7 Å². The third kappa shape index (κ3) is 5.64. The highest BCUT2D eigenvalue weighted by molar-refractivity contribution is 8.16. The lowest BCUT2D eigenvalue weighted by Crippen LogP contribution is -2.39. The van der Waals surface area contributed by atoms with Crippen LogP contribution in [0, 0.1) is 0 Å². The predicted octanol–water partition coefficient (Wildman–Crippen LogP) is 2.94. The van der Waals surface area contributed by atoms with Crippen LogP contribution in [0.2, 0.25) is 0 Å². The van der Waals surface area contributed by atoms with E-state index in [1.807, 2.05) is 23.1 Å². The Hall–Kier alpha value is -2.07. The number of nitrogens with one attached hydrogen (secondary N) is 1. The van der Waals surface area contributed by atoms with Crippen LogP contribution in [0.5, 0.6) is 0 Å². The zero-order valence-corrected chi connectivity index (χ0v) is 20.8. The predicted molar refractivity (Wildman–Crippen MR) is 128 cm³/mol. The molecule has 0 spiro atoms. The van der Waals surface area contributed by atoms with Crippen LogP contribution < -0.4 is 10.2 Å². The van der Waals surface area contributed by atoms with Crippen molar-refractivity contribution >= 4 is 44.5 Å². The first-order valence-corrected chi connectivity index (χ1v) is 13.5. The summed E-state index contributed by atoms with van der Waals surface area (Å²) in [7, 11) is -3.15. The number of hydrogen-bond donors (Lipinski definition) is 1. The van der Waals surface area contributed by atoms with Crippen molar-refractivity contribution in [3.8, 4) is 0 Å². The van der Waals surface area contributed by atoms with Gasteiger partial charge in [-0.1, -0.05) is 43.8 Å². The minimum absolute atomic E-state index is 0.0369. The molecule has 2 aliphatic heterocycles. The average Bonchev–Trinajstić information content (AvgIpc) is 3.15.